The number of rotatable bonds is 4. The van der Waals surface area contributed by atoms with Crippen LogP contribution in [0, 0.1) is 23.5 Å². The fourth-order valence-corrected chi connectivity index (χ4v) is 5.55. The highest BCUT2D eigenvalue weighted by atomic mass is 19.1. The molecule has 3 heterocycles. The number of likely N-dealkylation sites (tertiary alicyclic amines) is 2. The first kappa shape index (κ1) is 20.1. The average molecular weight is 414 g/mol. The number of fused-ring (bicyclic) bond motifs is 1. The number of benzene rings is 2. The summed E-state index contributed by atoms with van der Waals surface area (Å²) in [7, 11) is 0. The van der Waals surface area contributed by atoms with Gasteiger partial charge in [0, 0.05) is 50.4 Å². The Balaban J connectivity index is 1.16. The van der Waals surface area contributed by atoms with Crippen molar-refractivity contribution in [3.63, 3.8) is 0 Å². The number of nitrogens with zero attached hydrogens (tertiary/aromatic N) is 2. The van der Waals surface area contributed by atoms with Crippen LogP contribution in [0.4, 0.5) is 8.78 Å². The lowest BCUT2D eigenvalue weighted by Crippen LogP contribution is -2.49. The van der Waals surface area contributed by atoms with E-state index in [4.69, 9.17) is 10.5 Å². The molecule has 5 rings (SSSR count). The first-order valence-electron chi connectivity index (χ1n) is 10.9. The minimum absolute atomic E-state index is 0.232. The molecular weight excluding hydrogens is 384 g/mol. The van der Waals surface area contributed by atoms with Gasteiger partial charge in [0.05, 0.1) is 6.61 Å². The molecule has 5 atom stereocenters. The fraction of sp³-hybridized carbons (Fsp3) is 0.500. The Hall–Kier alpha value is -1.86. The molecule has 0 spiro atoms. The molecule has 3 saturated heterocycles. The second kappa shape index (κ2) is 8.35. The first-order chi connectivity index (χ1) is 14.6. The highest BCUT2D eigenvalue weighted by Crippen LogP contribution is 2.37. The highest BCUT2D eigenvalue weighted by molar-refractivity contribution is 5.23. The van der Waals surface area contributed by atoms with E-state index in [0.717, 1.165) is 51.3 Å². The average Bonchev–Trinajstić information content (AvgIpc) is 3.29. The van der Waals surface area contributed by atoms with Crippen LogP contribution in [-0.4, -0.2) is 54.7 Å². The van der Waals surface area contributed by atoms with Gasteiger partial charge in [-0.25, -0.2) is 8.78 Å². The Morgan fingerprint density at radius 3 is 2.40 bits per heavy atom. The van der Waals surface area contributed by atoms with Crippen LogP contribution in [0.2, 0.25) is 0 Å². The van der Waals surface area contributed by atoms with E-state index in [1.54, 1.807) is 0 Å². The SMILES string of the molecule is NC1CC(N2CC3CN(Cc4ccccc4)CC3C2)COC1c1cc(F)ccc1F. The first-order valence-corrected chi connectivity index (χ1v) is 10.9. The third-order valence-corrected chi connectivity index (χ3v) is 7.02. The van der Waals surface area contributed by atoms with Gasteiger partial charge in [0.25, 0.3) is 0 Å². The van der Waals surface area contributed by atoms with Crippen molar-refractivity contribution in [2.45, 2.75) is 31.2 Å². The Morgan fingerprint density at radius 2 is 1.70 bits per heavy atom. The van der Waals surface area contributed by atoms with Crippen molar-refractivity contribution in [2.75, 3.05) is 32.8 Å². The summed E-state index contributed by atoms with van der Waals surface area (Å²) in [5.74, 6) is 0.452. The maximum absolute atomic E-state index is 14.2. The molecule has 30 heavy (non-hydrogen) atoms. The molecule has 6 heteroatoms. The Kier molecular flexibility index (Phi) is 5.58. The van der Waals surface area contributed by atoms with Gasteiger partial charge in [-0.15, -0.1) is 0 Å². The molecule has 3 fully saturated rings. The molecule has 0 radical (unpaired) electrons. The number of hydrogen-bond donors (Lipinski definition) is 1. The molecule has 0 aliphatic carbocycles. The molecule has 0 aromatic heterocycles. The van der Waals surface area contributed by atoms with Crippen LogP contribution in [0.1, 0.15) is 23.7 Å². The molecule has 160 valence electrons. The highest BCUT2D eigenvalue weighted by Gasteiger charge is 2.44. The quantitative estimate of drug-likeness (QED) is 0.836. The molecule has 0 amide bonds. The van der Waals surface area contributed by atoms with Gasteiger partial charge in [-0.3, -0.25) is 9.80 Å². The molecule has 0 saturated carbocycles. The smallest absolute Gasteiger partial charge is 0.129 e. The molecule has 0 bridgehead atoms. The molecule has 4 nitrogen and oxygen atoms in total. The van der Waals surface area contributed by atoms with E-state index in [0.29, 0.717) is 18.4 Å². The summed E-state index contributed by atoms with van der Waals surface area (Å²) in [5, 5.41) is 0. The summed E-state index contributed by atoms with van der Waals surface area (Å²) in [6.07, 6.45) is 0.161. The van der Waals surface area contributed by atoms with Crippen molar-refractivity contribution in [2.24, 2.45) is 17.6 Å². The topological polar surface area (TPSA) is 41.7 Å². The molecule has 3 aliphatic rings. The largest absolute Gasteiger partial charge is 0.370 e. The maximum Gasteiger partial charge on any atom is 0.129 e. The van der Waals surface area contributed by atoms with Crippen molar-refractivity contribution < 1.29 is 13.5 Å². The van der Waals surface area contributed by atoms with Crippen LogP contribution in [-0.2, 0) is 11.3 Å². The minimum atomic E-state index is -0.583. The lowest BCUT2D eigenvalue weighted by molar-refractivity contribution is -0.0488. The molecule has 2 aromatic carbocycles. The van der Waals surface area contributed by atoms with E-state index in [-0.39, 0.29) is 17.6 Å². The lowest BCUT2D eigenvalue weighted by atomic mass is 9.93. The summed E-state index contributed by atoms with van der Waals surface area (Å²) in [6, 6.07) is 14.0. The van der Waals surface area contributed by atoms with E-state index in [1.807, 2.05) is 0 Å². The monoisotopic (exact) mass is 413 g/mol. The number of ether oxygens (including phenoxy) is 1. The zero-order valence-corrected chi connectivity index (χ0v) is 17.1. The Bertz CT molecular complexity index is 866. The fourth-order valence-electron chi connectivity index (χ4n) is 5.55. The van der Waals surface area contributed by atoms with E-state index >= 15 is 0 Å². The van der Waals surface area contributed by atoms with Gasteiger partial charge in [0.1, 0.15) is 17.7 Å². The van der Waals surface area contributed by atoms with Gasteiger partial charge in [-0.2, -0.15) is 0 Å². The van der Waals surface area contributed by atoms with Crippen molar-refractivity contribution >= 4 is 0 Å². The van der Waals surface area contributed by atoms with Crippen LogP contribution in [0.5, 0.6) is 0 Å². The van der Waals surface area contributed by atoms with Crippen LogP contribution >= 0.6 is 0 Å². The van der Waals surface area contributed by atoms with E-state index in [2.05, 4.69) is 40.1 Å². The van der Waals surface area contributed by atoms with E-state index < -0.39 is 17.7 Å². The molecule has 5 unspecified atom stereocenters. The standard InChI is InChI=1S/C24H29F2N3O/c25-19-6-7-22(26)21(8-19)24-23(27)9-20(15-30-24)29-13-17-11-28(12-18(17)14-29)10-16-4-2-1-3-5-16/h1-8,17-18,20,23-24H,9-15,27H2. The molecule has 2 aromatic rings. The second-order valence-corrected chi connectivity index (χ2v) is 9.13. The van der Waals surface area contributed by atoms with Crippen molar-refractivity contribution in [1.29, 1.82) is 0 Å². The van der Waals surface area contributed by atoms with Crippen LogP contribution in [0.3, 0.4) is 0 Å². The van der Waals surface area contributed by atoms with Crippen LogP contribution in [0.15, 0.2) is 48.5 Å². The van der Waals surface area contributed by atoms with Crippen LogP contribution < -0.4 is 5.73 Å². The Labute approximate surface area is 176 Å². The Morgan fingerprint density at radius 1 is 0.967 bits per heavy atom. The minimum Gasteiger partial charge on any atom is -0.370 e. The summed E-state index contributed by atoms with van der Waals surface area (Å²) in [5.41, 5.74) is 7.97. The molecule has 3 aliphatic heterocycles. The van der Waals surface area contributed by atoms with Crippen molar-refractivity contribution in [3.8, 4) is 0 Å². The van der Waals surface area contributed by atoms with Gasteiger partial charge in [-0.1, -0.05) is 30.3 Å². The normalized spacial score (nSPS) is 32.4. The van der Waals surface area contributed by atoms with Gasteiger partial charge >= 0.3 is 0 Å². The zero-order chi connectivity index (χ0) is 20.7. The number of nitrogens with two attached hydrogens (primary N) is 1. The summed E-state index contributed by atoms with van der Waals surface area (Å²) >= 11 is 0. The van der Waals surface area contributed by atoms with Crippen molar-refractivity contribution in [3.05, 3.63) is 71.3 Å². The third kappa shape index (κ3) is 4.02. The van der Waals surface area contributed by atoms with E-state index in [1.165, 1.54) is 11.6 Å². The van der Waals surface area contributed by atoms with Gasteiger partial charge < -0.3 is 10.5 Å². The number of hydrogen-bond acceptors (Lipinski definition) is 4. The summed E-state index contributed by atoms with van der Waals surface area (Å²) < 4.78 is 33.7. The molecular formula is C24H29F2N3O. The second-order valence-electron chi connectivity index (χ2n) is 9.13. The van der Waals surface area contributed by atoms with E-state index in [9.17, 15) is 8.78 Å². The summed E-state index contributed by atoms with van der Waals surface area (Å²) in [6.45, 7) is 5.93. The molecule has 2 N–H and O–H groups in total. The predicted molar refractivity (Wildman–Crippen MR) is 112 cm³/mol. The van der Waals surface area contributed by atoms with Gasteiger partial charge in [0.2, 0.25) is 0 Å². The third-order valence-electron chi connectivity index (χ3n) is 7.02. The maximum atomic E-state index is 14.2. The predicted octanol–water partition coefficient (Wildman–Crippen LogP) is 3.19. The van der Waals surface area contributed by atoms with Crippen LogP contribution in [0.25, 0.3) is 0 Å². The zero-order valence-electron chi connectivity index (χ0n) is 17.1. The lowest BCUT2D eigenvalue weighted by Gasteiger charge is -2.39. The van der Waals surface area contributed by atoms with Gasteiger partial charge in [-0.05, 0) is 42.0 Å². The van der Waals surface area contributed by atoms with Gasteiger partial charge in [0.15, 0.2) is 0 Å². The summed E-state index contributed by atoms with van der Waals surface area (Å²) in [4.78, 5) is 5.07. The van der Waals surface area contributed by atoms with Crippen molar-refractivity contribution in [1.82, 2.24) is 9.80 Å². The number of halogens is 2.